The zero-order valence-electron chi connectivity index (χ0n) is 16.8. The monoisotopic (exact) mass is 399 g/mol. The summed E-state index contributed by atoms with van der Waals surface area (Å²) in [5, 5.41) is 5.40. The first-order chi connectivity index (χ1) is 13.6. The molecule has 1 aromatic heterocycles. The molecule has 28 heavy (non-hydrogen) atoms. The molecule has 1 N–H and O–H groups in total. The third kappa shape index (κ3) is 4.21. The van der Waals surface area contributed by atoms with Crippen LogP contribution < -0.4 is 10.2 Å². The van der Waals surface area contributed by atoms with E-state index in [0.29, 0.717) is 0 Å². The Labute approximate surface area is 172 Å². The number of pyridine rings is 1. The first-order valence-corrected chi connectivity index (χ1v) is 10.6. The van der Waals surface area contributed by atoms with Crippen LogP contribution in [0.4, 0.5) is 11.5 Å². The summed E-state index contributed by atoms with van der Waals surface area (Å²) in [6.45, 7) is 12.9. The van der Waals surface area contributed by atoms with Gasteiger partial charge in [0.1, 0.15) is 5.82 Å². The predicted octanol–water partition coefficient (Wildman–Crippen LogP) is 2.71. The molecule has 2 aliphatic heterocycles. The van der Waals surface area contributed by atoms with E-state index >= 15 is 0 Å². The Morgan fingerprint density at radius 2 is 1.86 bits per heavy atom. The Morgan fingerprint density at radius 3 is 2.57 bits per heavy atom. The molecule has 1 aromatic carbocycles. The normalized spacial score (nSPS) is 18.5. The van der Waals surface area contributed by atoms with E-state index < -0.39 is 0 Å². The zero-order chi connectivity index (χ0) is 19.5. The standard InChI is InChI=1S/C21H29N5OS/c1-3-24-6-8-26(9-7-24)21(28)22-17-4-5-19-18(15-17)16(2)14-20(23-19)25-10-12-27-13-11-25/h4-5,14-15H,3,6-13H2,1-2H3,(H,22,28). The highest BCUT2D eigenvalue weighted by Gasteiger charge is 2.18. The number of hydrogen-bond donors (Lipinski definition) is 1. The van der Waals surface area contributed by atoms with Crippen LogP contribution in [0.2, 0.25) is 0 Å². The summed E-state index contributed by atoms with van der Waals surface area (Å²) in [5.41, 5.74) is 3.28. The van der Waals surface area contributed by atoms with Crippen molar-refractivity contribution in [2.75, 3.05) is 69.2 Å². The summed E-state index contributed by atoms with van der Waals surface area (Å²) in [4.78, 5) is 11.9. The molecular formula is C21H29N5OS. The van der Waals surface area contributed by atoms with Crippen molar-refractivity contribution in [1.29, 1.82) is 0 Å². The molecule has 0 saturated carbocycles. The Balaban J connectivity index is 1.48. The van der Waals surface area contributed by atoms with Gasteiger partial charge in [-0.2, -0.15) is 0 Å². The Bertz CT molecular complexity index is 844. The number of aromatic nitrogens is 1. The van der Waals surface area contributed by atoms with Gasteiger partial charge in [-0.3, -0.25) is 0 Å². The highest BCUT2D eigenvalue weighted by Crippen LogP contribution is 2.26. The third-order valence-corrected chi connectivity index (χ3v) is 6.06. The van der Waals surface area contributed by atoms with Crippen LogP contribution in [0.15, 0.2) is 24.3 Å². The summed E-state index contributed by atoms with van der Waals surface area (Å²) in [5.74, 6) is 1.04. The van der Waals surface area contributed by atoms with Gasteiger partial charge in [-0.25, -0.2) is 4.98 Å². The lowest BCUT2D eigenvalue weighted by Gasteiger charge is -2.35. The number of ether oxygens (including phenoxy) is 1. The maximum absolute atomic E-state index is 5.65. The van der Waals surface area contributed by atoms with Crippen LogP contribution in [-0.2, 0) is 4.74 Å². The van der Waals surface area contributed by atoms with E-state index in [4.69, 9.17) is 21.9 Å². The second kappa shape index (κ2) is 8.59. The molecule has 2 aromatic rings. The topological polar surface area (TPSA) is 43.9 Å². The van der Waals surface area contributed by atoms with Gasteiger partial charge in [0.2, 0.25) is 0 Å². The molecule has 2 aliphatic rings. The molecule has 0 atom stereocenters. The minimum atomic E-state index is 0.769. The number of rotatable bonds is 3. The van der Waals surface area contributed by atoms with Crippen molar-refractivity contribution in [3.05, 3.63) is 29.8 Å². The van der Waals surface area contributed by atoms with Gasteiger partial charge in [0.25, 0.3) is 0 Å². The second-order valence-electron chi connectivity index (χ2n) is 7.48. The second-order valence-corrected chi connectivity index (χ2v) is 7.87. The van der Waals surface area contributed by atoms with E-state index in [1.807, 2.05) is 0 Å². The number of morpholine rings is 1. The average molecular weight is 400 g/mol. The van der Waals surface area contributed by atoms with Crippen molar-refractivity contribution >= 4 is 39.7 Å². The lowest BCUT2D eigenvalue weighted by molar-refractivity contribution is 0.122. The van der Waals surface area contributed by atoms with E-state index in [0.717, 1.165) is 81.2 Å². The number of fused-ring (bicyclic) bond motifs is 1. The summed E-state index contributed by atoms with van der Waals surface area (Å²) in [6, 6.07) is 8.51. The first-order valence-electron chi connectivity index (χ1n) is 10.2. The molecule has 0 aliphatic carbocycles. The molecule has 7 heteroatoms. The van der Waals surface area contributed by atoms with Gasteiger partial charge in [0.05, 0.1) is 18.7 Å². The summed E-state index contributed by atoms with van der Waals surface area (Å²) in [6.07, 6.45) is 0. The van der Waals surface area contributed by atoms with E-state index in [2.05, 4.69) is 58.1 Å². The third-order valence-electron chi connectivity index (χ3n) is 5.70. The number of piperazine rings is 1. The minimum absolute atomic E-state index is 0.769. The molecule has 6 nitrogen and oxygen atoms in total. The number of hydrogen-bond acceptors (Lipinski definition) is 5. The van der Waals surface area contributed by atoms with Gasteiger partial charge >= 0.3 is 0 Å². The van der Waals surface area contributed by atoms with Crippen LogP contribution >= 0.6 is 12.2 Å². The number of nitrogens with zero attached hydrogens (tertiary/aromatic N) is 4. The zero-order valence-corrected chi connectivity index (χ0v) is 17.6. The van der Waals surface area contributed by atoms with Gasteiger partial charge in [0.15, 0.2) is 5.11 Å². The van der Waals surface area contributed by atoms with Crippen molar-refractivity contribution in [3.63, 3.8) is 0 Å². The Hall–Kier alpha value is -1.96. The molecule has 3 heterocycles. The van der Waals surface area contributed by atoms with Crippen LogP contribution in [0.5, 0.6) is 0 Å². The lowest BCUT2D eigenvalue weighted by Crippen LogP contribution is -2.49. The van der Waals surface area contributed by atoms with Gasteiger partial charge < -0.3 is 24.8 Å². The molecular weight excluding hydrogens is 370 g/mol. The number of anilines is 2. The van der Waals surface area contributed by atoms with Crippen LogP contribution in [0, 0.1) is 6.92 Å². The van der Waals surface area contributed by atoms with Crippen molar-refractivity contribution in [2.45, 2.75) is 13.8 Å². The highest BCUT2D eigenvalue weighted by atomic mass is 32.1. The summed E-state index contributed by atoms with van der Waals surface area (Å²) in [7, 11) is 0. The van der Waals surface area contributed by atoms with Crippen molar-refractivity contribution in [3.8, 4) is 0 Å². The largest absolute Gasteiger partial charge is 0.378 e. The number of thiocarbonyl (C=S) groups is 1. The van der Waals surface area contributed by atoms with Gasteiger partial charge in [0, 0.05) is 50.3 Å². The van der Waals surface area contributed by atoms with Crippen molar-refractivity contribution in [2.24, 2.45) is 0 Å². The van der Waals surface area contributed by atoms with E-state index in [-0.39, 0.29) is 0 Å². The van der Waals surface area contributed by atoms with E-state index in [1.54, 1.807) is 0 Å². The van der Waals surface area contributed by atoms with Crippen molar-refractivity contribution < 1.29 is 4.74 Å². The molecule has 4 rings (SSSR count). The smallest absolute Gasteiger partial charge is 0.173 e. The number of aryl methyl sites for hydroxylation is 1. The average Bonchev–Trinajstić information content (AvgIpc) is 2.74. The molecule has 0 unspecified atom stereocenters. The first kappa shape index (κ1) is 19.4. The SMILES string of the molecule is CCN1CCN(C(=S)Nc2ccc3nc(N4CCOCC4)cc(C)c3c2)CC1. The quantitative estimate of drug-likeness (QED) is 0.796. The maximum Gasteiger partial charge on any atom is 0.173 e. The molecule has 2 saturated heterocycles. The minimum Gasteiger partial charge on any atom is -0.378 e. The summed E-state index contributed by atoms with van der Waals surface area (Å²) >= 11 is 5.65. The van der Waals surface area contributed by atoms with Crippen molar-refractivity contribution in [1.82, 2.24) is 14.8 Å². The molecule has 2 fully saturated rings. The fourth-order valence-corrected chi connectivity index (χ4v) is 4.18. The number of benzene rings is 1. The maximum atomic E-state index is 5.65. The summed E-state index contributed by atoms with van der Waals surface area (Å²) < 4.78 is 5.46. The Morgan fingerprint density at radius 1 is 1.11 bits per heavy atom. The molecule has 0 radical (unpaired) electrons. The lowest BCUT2D eigenvalue weighted by atomic mass is 10.1. The van der Waals surface area contributed by atoms with Gasteiger partial charge in [-0.15, -0.1) is 0 Å². The highest BCUT2D eigenvalue weighted by molar-refractivity contribution is 7.80. The van der Waals surface area contributed by atoms with Crippen LogP contribution in [0.25, 0.3) is 10.9 Å². The van der Waals surface area contributed by atoms with E-state index in [1.165, 1.54) is 10.9 Å². The van der Waals surface area contributed by atoms with Crippen LogP contribution in [-0.4, -0.2) is 78.9 Å². The fraction of sp³-hybridized carbons (Fsp3) is 0.524. The molecule has 0 spiro atoms. The Kier molecular flexibility index (Phi) is 5.94. The molecule has 0 bridgehead atoms. The number of nitrogens with one attached hydrogen (secondary N) is 1. The molecule has 150 valence electrons. The molecule has 0 amide bonds. The van der Waals surface area contributed by atoms with Gasteiger partial charge in [-0.1, -0.05) is 6.92 Å². The van der Waals surface area contributed by atoms with E-state index in [9.17, 15) is 0 Å². The fourth-order valence-electron chi connectivity index (χ4n) is 3.88. The predicted molar refractivity (Wildman–Crippen MR) is 119 cm³/mol. The van der Waals surface area contributed by atoms with Crippen LogP contribution in [0.1, 0.15) is 12.5 Å². The van der Waals surface area contributed by atoms with Gasteiger partial charge in [-0.05, 0) is 55.5 Å². The van der Waals surface area contributed by atoms with Crippen LogP contribution in [0.3, 0.4) is 0 Å². The number of likely N-dealkylation sites (N-methyl/N-ethyl adjacent to an activating group) is 1.